The highest BCUT2D eigenvalue weighted by Gasteiger charge is 2.25. The van der Waals surface area contributed by atoms with Crippen LogP contribution in [0.25, 0.3) is 0 Å². The lowest BCUT2D eigenvalue weighted by molar-refractivity contribution is 0.208. The summed E-state index contributed by atoms with van der Waals surface area (Å²) in [5.41, 5.74) is -0.670. The SMILES string of the molecule is CC(C)(CO)NS(=O)(=O)c1cccc(C#N)c1. The number of hydrogen-bond donors (Lipinski definition) is 2. The van der Waals surface area contributed by atoms with Crippen molar-refractivity contribution in [3.05, 3.63) is 29.8 Å². The van der Waals surface area contributed by atoms with Gasteiger partial charge in [0.1, 0.15) is 0 Å². The maximum absolute atomic E-state index is 11.9. The van der Waals surface area contributed by atoms with Gasteiger partial charge in [0.25, 0.3) is 0 Å². The molecule has 6 heteroatoms. The van der Waals surface area contributed by atoms with E-state index in [4.69, 9.17) is 10.4 Å². The molecule has 0 aliphatic heterocycles. The highest BCUT2D eigenvalue weighted by atomic mass is 32.2. The van der Waals surface area contributed by atoms with Gasteiger partial charge in [0, 0.05) is 0 Å². The lowest BCUT2D eigenvalue weighted by atomic mass is 10.1. The average molecular weight is 254 g/mol. The number of rotatable bonds is 4. The van der Waals surface area contributed by atoms with E-state index < -0.39 is 15.6 Å². The summed E-state index contributed by atoms with van der Waals surface area (Å²) in [6.07, 6.45) is 0. The molecule has 0 aliphatic rings. The number of sulfonamides is 1. The summed E-state index contributed by atoms with van der Waals surface area (Å²) in [5, 5.41) is 17.7. The predicted molar refractivity (Wildman–Crippen MR) is 62.6 cm³/mol. The molecule has 0 bridgehead atoms. The van der Waals surface area contributed by atoms with E-state index in [9.17, 15) is 8.42 Å². The van der Waals surface area contributed by atoms with Gasteiger partial charge < -0.3 is 5.11 Å². The van der Waals surface area contributed by atoms with Crippen molar-refractivity contribution in [1.82, 2.24) is 4.72 Å². The number of nitrogens with zero attached hydrogens (tertiary/aromatic N) is 1. The van der Waals surface area contributed by atoms with Crippen LogP contribution in [0.3, 0.4) is 0 Å². The van der Waals surface area contributed by atoms with Crippen molar-refractivity contribution in [1.29, 1.82) is 5.26 Å². The minimum Gasteiger partial charge on any atom is -0.394 e. The van der Waals surface area contributed by atoms with Crippen molar-refractivity contribution >= 4 is 10.0 Å². The van der Waals surface area contributed by atoms with Gasteiger partial charge in [-0.05, 0) is 32.0 Å². The summed E-state index contributed by atoms with van der Waals surface area (Å²) >= 11 is 0. The topological polar surface area (TPSA) is 90.2 Å². The number of nitrogens with one attached hydrogen (secondary N) is 1. The molecule has 0 fully saturated rings. The molecular weight excluding hydrogens is 240 g/mol. The lowest BCUT2D eigenvalue weighted by Gasteiger charge is -2.23. The molecule has 0 radical (unpaired) electrons. The average Bonchev–Trinajstić information content (AvgIpc) is 2.28. The summed E-state index contributed by atoms with van der Waals surface area (Å²) in [4.78, 5) is 0.0121. The number of nitriles is 1. The van der Waals surface area contributed by atoms with Crippen molar-refractivity contribution in [2.24, 2.45) is 0 Å². The highest BCUT2D eigenvalue weighted by molar-refractivity contribution is 7.89. The van der Waals surface area contributed by atoms with E-state index in [1.165, 1.54) is 24.3 Å². The van der Waals surface area contributed by atoms with E-state index in [2.05, 4.69) is 4.72 Å². The van der Waals surface area contributed by atoms with Crippen LogP contribution in [-0.4, -0.2) is 25.7 Å². The second-order valence-electron chi connectivity index (χ2n) is 4.29. The Balaban J connectivity index is 3.10. The summed E-state index contributed by atoms with van der Waals surface area (Å²) in [7, 11) is -3.72. The standard InChI is InChI=1S/C11H14N2O3S/c1-11(2,8-14)13-17(15,16)10-5-3-4-9(6-10)7-12/h3-6,13-14H,8H2,1-2H3. The maximum atomic E-state index is 11.9. The molecule has 0 aliphatic carbocycles. The zero-order chi connectivity index (χ0) is 13.1. The number of hydrogen-bond acceptors (Lipinski definition) is 4. The Kier molecular flexibility index (Phi) is 3.88. The Bertz CT molecular complexity index is 544. The van der Waals surface area contributed by atoms with E-state index in [1.807, 2.05) is 6.07 Å². The Morgan fingerprint density at radius 2 is 2.12 bits per heavy atom. The van der Waals surface area contributed by atoms with Gasteiger partial charge >= 0.3 is 0 Å². The molecule has 1 aromatic rings. The Hall–Kier alpha value is -1.42. The number of benzene rings is 1. The molecule has 0 atom stereocenters. The van der Waals surface area contributed by atoms with Gasteiger partial charge in [-0.1, -0.05) is 6.07 Å². The van der Waals surface area contributed by atoms with Gasteiger partial charge in [-0.25, -0.2) is 13.1 Å². The van der Waals surface area contributed by atoms with Crippen molar-refractivity contribution in [2.45, 2.75) is 24.3 Å². The van der Waals surface area contributed by atoms with Crippen LogP contribution in [0.5, 0.6) is 0 Å². The molecule has 0 spiro atoms. The van der Waals surface area contributed by atoms with Crippen molar-refractivity contribution in [2.75, 3.05) is 6.61 Å². The summed E-state index contributed by atoms with van der Waals surface area (Å²) in [5.74, 6) is 0. The molecule has 0 aromatic heterocycles. The Morgan fingerprint density at radius 1 is 1.47 bits per heavy atom. The van der Waals surface area contributed by atoms with Gasteiger partial charge in [0.05, 0.1) is 28.7 Å². The third-order valence-electron chi connectivity index (χ3n) is 2.08. The predicted octanol–water partition coefficient (Wildman–Crippen LogP) is 0.607. The zero-order valence-corrected chi connectivity index (χ0v) is 10.5. The van der Waals surface area contributed by atoms with Crippen LogP contribution < -0.4 is 4.72 Å². The Morgan fingerprint density at radius 3 is 2.65 bits per heavy atom. The fourth-order valence-corrected chi connectivity index (χ4v) is 2.64. The van der Waals surface area contributed by atoms with Crippen LogP contribution in [0.1, 0.15) is 19.4 Å². The van der Waals surface area contributed by atoms with Gasteiger partial charge in [0.2, 0.25) is 10.0 Å². The largest absolute Gasteiger partial charge is 0.394 e. The third kappa shape index (κ3) is 3.53. The smallest absolute Gasteiger partial charge is 0.241 e. The Labute approximate surface area is 101 Å². The lowest BCUT2D eigenvalue weighted by Crippen LogP contribution is -2.46. The van der Waals surface area contributed by atoms with Gasteiger partial charge in [-0.15, -0.1) is 0 Å². The first-order valence-corrected chi connectivity index (χ1v) is 6.44. The van der Waals surface area contributed by atoms with E-state index in [0.29, 0.717) is 0 Å². The summed E-state index contributed by atoms with van der Waals surface area (Å²) in [6.45, 7) is 2.82. The van der Waals surface area contributed by atoms with Crippen molar-refractivity contribution < 1.29 is 13.5 Å². The fraction of sp³-hybridized carbons (Fsp3) is 0.364. The molecule has 1 rings (SSSR count). The quantitative estimate of drug-likeness (QED) is 0.823. The minimum atomic E-state index is -3.72. The molecule has 92 valence electrons. The van der Waals surface area contributed by atoms with Crippen LogP contribution in [0, 0.1) is 11.3 Å². The van der Waals surface area contributed by atoms with E-state index in [1.54, 1.807) is 13.8 Å². The molecule has 0 saturated carbocycles. The first kappa shape index (κ1) is 13.6. The molecule has 5 nitrogen and oxygen atoms in total. The summed E-state index contributed by atoms with van der Waals surface area (Å²) < 4.78 is 26.2. The number of aliphatic hydroxyl groups is 1. The van der Waals surface area contributed by atoms with Crippen molar-refractivity contribution in [3.63, 3.8) is 0 Å². The monoisotopic (exact) mass is 254 g/mol. The molecule has 2 N–H and O–H groups in total. The second kappa shape index (κ2) is 4.84. The normalized spacial score (nSPS) is 12.1. The maximum Gasteiger partial charge on any atom is 0.241 e. The van der Waals surface area contributed by atoms with Gasteiger partial charge in [0.15, 0.2) is 0 Å². The van der Waals surface area contributed by atoms with Crippen LogP contribution in [-0.2, 0) is 10.0 Å². The molecule has 0 heterocycles. The fourth-order valence-electron chi connectivity index (χ4n) is 1.19. The van der Waals surface area contributed by atoms with Crippen LogP contribution in [0.4, 0.5) is 0 Å². The minimum absolute atomic E-state index is 0.0121. The van der Waals surface area contributed by atoms with Crippen LogP contribution in [0.15, 0.2) is 29.2 Å². The van der Waals surface area contributed by atoms with Crippen molar-refractivity contribution in [3.8, 4) is 6.07 Å². The molecular formula is C11H14N2O3S. The third-order valence-corrected chi connectivity index (χ3v) is 3.78. The number of aliphatic hydroxyl groups excluding tert-OH is 1. The zero-order valence-electron chi connectivity index (χ0n) is 9.64. The van der Waals surface area contributed by atoms with Gasteiger partial charge in [-0.2, -0.15) is 5.26 Å². The first-order valence-electron chi connectivity index (χ1n) is 4.96. The second-order valence-corrected chi connectivity index (χ2v) is 5.97. The van der Waals surface area contributed by atoms with Crippen LogP contribution >= 0.6 is 0 Å². The van der Waals surface area contributed by atoms with E-state index >= 15 is 0 Å². The molecule has 0 saturated heterocycles. The first-order chi connectivity index (χ1) is 7.80. The summed E-state index contributed by atoms with van der Waals surface area (Å²) in [6, 6.07) is 7.58. The highest BCUT2D eigenvalue weighted by Crippen LogP contribution is 2.14. The van der Waals surface area contributed by atoms with Crippen LogP contribution in [0.2, 0.25) is 0 Å². The molecule has 1 aromatic carbocycles. The van der Waals surface area contributed by atoms with E-state index in [0.717, 1.165) is 0 Å². The van der Waals surface area contributed by atoms with Gasteiger partial charge in [-0.3, -0.25) is 0 Å². The molecule has 0 unspecified atom stereocenters. The molecule has 0 amide bonds. The molecule has 17 heavy (non-hydrogen) atoms. The van der Waals surface area contributed by atoms with E-state index in [-0.39, 0.29) is 17.1 Å².